The number of aryl methyl sites for hydroxylation is 1. The Morgan fingerprint density at radius 1 is 1.06 bits per heavy atom. The highest BCUT2D eigenvalue weighted by molar-refractivity contribution is 6.32. The average molecular weight is 442 g/mol. The molecule has 0 aliphatic rings. The fraction of sp³-hybridized carbons (Fsp3) is 0.250. The topological polar surface area (TPSA) is 63.2 Å². The van der Waals surface area contributed by atoms with Gasteiger partial charge in [0, 0.05) is 16.8 Å². The van der Waals surface area contributed by atoms with E-state index in [0.717, 1.165) is 11.3 Å². The summed E-state index contributed by atoms with van der Waals surface area (Å²) in [6, 6.07) is 11.5. The number of amides is 1. The number of anilines is 3. The molecule has 5 nitrogen and oxygen atoms in total. The highest BCUT2D eigenvalue weighted by Gasteiger charge is 2.19. The first-order valence-corrected chi connectivity index (χ1v) is 10.3. The van der Waals surface area contributed by atoms with Gasteiger partial charge in [0.2, 0.25) is 5.88 Å². The molecule has 0 radical (unpaired) electrons. The van der Waals surface area contributed by atoms with E-state index in [9.17, 15) is 9.18 Å². The lowest BCUT2D eigenvalue weighted by Gasteiger charge is -2.19. The zero-order valence-corrected chi connectivity index (χ0v) is 18.9. The minimum Gasteiger partial charge on any atom is -0.481 e. The third kappa shape index (κ3) is 4.97. The lowest BCUT2D eigenvalue weighted by molar-refractivity contribution is 0.102. The summed E-state index contributed by atoms with van der Waals surface area (Å²) in [5.74, 6) is -0.0704. The number of hydrogen-bond acceptors (Lipinski definition) is 4. The van der Waals surface area contributed by atoms with Crippen LogP contribution in [0.1, 0.15) is 46.9 Å². The number of halogens is 2. The van der Waals surface area contributed by atoms with E-state index in [-0.39, 0.29) is 17.6 Å². The van der Waals surface area contributed by atoms with E-state index in [0.29, 0.717) is 39.1 Å². The number of nitrogens with zero attached hydrogens (tertiary/aromatic N) is 1. The van der Waals surface area contributed by atoms with Crippen LogP contribution in [0, 0.1) is 19.7 Å². The normalized spacial score (nSPS) is 10.8. The zero-order chi connectivity index (χ0) is 22.7. The van der Waals surface area contributed by atoms with E-state index in [2.05, 4.69) is 15.6 Å². The first kappa shape index (κ1) is 22.6. The minimum atomic E-state index is -0.328. The quantitative estimate of drug-likeness (QED) is 0.451. The summed E-state index contributed by atoms with van der Waals surface area (Å²) in [6.45, 7) is 7.55. The zero-order valence-electron chi connectivity index (χ0n) is 18.1. The second-order valence-electron chi connectivity index (χ2n) is 7.55. The number of pyridine rings is 1. The van der Waals surface area contributed by atoms with Crippen LogP contribution in [0.25, 0.3) is 0 Å². The van der Waals surface area contributed by atoms with Gasteiger partial charge >= 0.3 is 0 Å². The van der Waals surface area contributed by atoms with E-state index >= 15 is 0 Å². The van der Waals surface area contributed by atoms with Gasteiger partial charge < -0.3 is 15.4 Å². The van der Waals surface area contributed by atoms with Gasteiger partial charge in [0.05, 0.1) is 29.7 Å². The van der Waals surface area contributed by atoms with Crippen LogP contribution >= 0.6 is 11.6 Å². The number of methoxy groups -OCH3 is 1. The van der Waals surface area contributed by atoms with Crippen molar-refractivity contribution in [2.24, 2.45) is 0 Å². The molecule has 0 aliphatic carbocycles. The molecule has 0 fully saturated rings. The molecule has 0 saturated heterocycles. The van der Waals surface area contributed by atoms with Gasteiger partial charge in [0.15, 0.2) is 0 Å². The third-order valence-corrected chi connectivity index (χ3v) is 5.46. The summed E-state index contributed by atoms with van der Waals surface area (Å²) in [7, 11) is 1.54. The van der Waals surface area contributed by atoms with Crippen molar-refractivity contribution < 1.29 is 13.9 Å². The highest BCUT2D eigenvalue weighted by Crippen LogP contribution is 2.33. The molecular weight excluding hydrogens is 417 g/mol. The molecule has 0 spiro atoms. The maximum Gasteiger partial charge on any atom is 0.258 e. The molecule has 0 atom stereocenters. The molecule has 162 valence electrons. The smallest absolute Gasteiger partial charge is 0.258 e. The van der Waals surface area contributed by atoms with Gasteiger partial charge in [-0.25, -0.2) is 9.37 Å². The predicted octanol–water partition coefficient (Wildman–Crippen LogP) is 6.62. The summed E-state index contributed by atoms with van der Waals surface area (Å²) >= 11 is 6.32. The van der Waals surface area contributed by atoms with E-state index < -0.39 is 0 Å². The number of carbonyl (C=O) groups is 1. The van der Waals surface area contributed by atoms with Crippen LogP contribution in [0.2, 0.25) is 5.02 Å². The van der Waals surface area contributed by atoms with Crippen molar-refractivity contribution in [1.29, 1.82) is 0 Å². The number of ether oxygens (including phenoxy) is 1. The van der Waals surface area contributed by atoms with Crippen molar-refractivity contribution in [2.45, 2.75) is 33.6 Å². The van der Waals surface area contributed by atoms with E-state index in [1.165, 1.54) is 19.2 Å². The van der Waals surface area contributed by atoms with E-state index in [4.69, 9.17) is 16.3 Å². The molecule has 1 aromatic heterocycles. The van der Waals surface area contributed by atoms with Crippen LogP contribution in [0.15, 0.2) is 42.5 Å². The Morgan fingerprint density at radius 3 is 2.39 bits per heavy atom. The summed E-state index contributed by atoms with van der Waals surface area (Å²) in [5, 5.41) is 6.67. The van der Waals surface area contributed by atoms with Crippen molar-refractivity contribution >= 4 is 34.6 Å². The van der Waals surface area contributed by atoms with E-state index in [1.54, 1.807) is 44.2 Å². The number of aromatic nitrogens is 1. The molecule has 2 N–H and O–H groups in total. The molecule has 0 unspecified atom stereocenters. The Kier molecular flexibility index (Phi) is 6.81. The molecule has 7 heteroatoms. The molecule has 3 rings (SSSR count). The molecule has 3 aromatic rings. The van der Waals surface area contributed by atoms with Crippen molar-refractivity contribution in [3.8, 4) is 5.88 Å². The van der Waals surface area contributed by atoms with Gasteiger partial charge in [0.25, 0.3) is 5.91 Å². The van der Waals surface area contributed by atoms with Crippen LogP contribution in [0.5, 0.6) is 5.88 Å². The minimum absolute atomic E-state index is 0.0943. The van der Waals surface area contributed by atoms with Crippen molar-refractivity contribution in [2.75, 3.05) is 17.7 Å². The van der Waals surface area contributed by atoms with Gasteiger partial charge in [-0.3, -0.25) is 4.79 Å². The lowest BCUT2D eigenvalue weighted by atomic mass is 9.99. The second kappa shape index (κ2) is 9.35. The summed E-state index contributed by atoms with van der Waals surface area (Å²) in [4.78, 5) is 17.5. The largest absolute Gasteiger partial charge is 0.481 e. The highest BCUT2D eigenvalue weighted by atomic mass is 35.5. The molecule has 2 aromatic carbocycles. The van der Waals surface area contributed by atoms with Gasteiger partial charge in [-0.05, 0) is 67.3 Å². The molecule has 1 heterocycles. The maximum atomic E-state index is 13.8. The van der Waals surface area contributed by atoms with Crippen LogP contribution in [0.3, 0.4) is 0 Å². The monoisotopic (exact) mass is 441 g/mol. The average Bonchev–Trinajstić information content (AvgIpc) is 2.73. The molecular formula is C24H25ClFN3O2. The Labute approximate surface area is 186 Å². The van der Waals surface area contributed by atoms with E-state index in [1.807, 2.05) is 13.8 Å². The Bertz CT molecular complexity index is 1130. The standard InChI is InChI=1S/C24H25ClFN3O2/c1-13(2)17-12-16(26)6-8-20(17)28-21-9-7-18(25)14(3)23(21)24(30)29-19-10-11-22(31-5)27-15(19)4/h6-13,28H,1-5H3,(H,29,30). The Hall–Kier alpha value is -3.12. The van der Waals surface area contributed by atoms with Crippen molar-refractivity contribution in [3.05, 3.63) is 75.7 Å². The molecule has 31 heavy (non-hydrogen) atoms. The number of hydrogen-bond donors (Lipinski definition) is 2. The summed E-state index contributed by atoms with van der Waals surface area (Å²) < 4.78 is 18.9. The number of rotatable bonds is 6. The number of carbonyl (C=O) groups excluding carboxylic acids is 1. The third-order valence-electron chi connectivity index (χ3n) is 5.05. The predicted molar refractivity (Wildman–Crippen MR) is 123 cm³/mol. The van der Waals surface area contributed by atoms with Crippen LogP contribution in [0.4, 0.5) is 21.5 Å². The molecule has 1 amide bonds. The fourth-order valence-electron chi connectivity index (χ4n) is 3.32. The lowest BCUT2D eigenvalue weighted by Crippen LogP contribution is -2.17. The SMILES string of the molecule is COc1ccc(NC(=O)c2c(Nc3ccc(F)cc3C(C)C)ccc(Cl)c2C)c(C)n1. The summed E-state index contributed by atoms with van der Waals surface area (Å²) in [5.41, 5.74) is 4.36. The first-order chi connectivity index (χ1) is 14.7. The molecule has 0 aliphatic heterocycles. The second-order valence-corrected chi connectivity index (χ2v) is 7.95. The maximum absolute atomic E-state index is 13.8. The van der Waals surface area contributed by atoms with Crippen LogP contribution < -0.4 is 15.4 Å². The Balaban J connectivity index is 2.00. The molecule has 0 bridgehead atoms. The van der Waals surface area contributed by atoms with Crippen molar-refractivity contribution in [1.82, 2.24) is 4.98 Å². The summed E-state index contributed by atoms with van der Waals surface area (Å²) in [6.07, 6.45) is 0. The van der Waals surface area contributed by atoms with Crippen LogP contribution in [-0.2, 0) is 0 Å². The van der Waals surface area contributed by atoms with Crippen molar-refractivity contribution in [3.63, 3.8) is 0 Å². The molecule has 0 saturated carbocycles. The van der Waals surface area contributed by atoms with Gasteiger partial charge in [-0.1, -0.05) is 25.4 Å². The Morgan fingerprint density at radius 2 is 1.74 bits per heavy atom. The van der Waals surface area contributed by atoms with Crippen LogP contribution in [-0.4, -0.2) is 18.0 Å². The fourth-order valence-corrected chi connectivity index (χ4v) is 3.48. The number of nitrogens with one attached hydrogen (secondary N) is 2. The van der Waals surface area contributed by atoms with Gasteiger partial charge in [-0.2, -0.15) is 0 Å². The van der Waals surface area contributed by atoms with Gasteiger partial charge in [-0.15, -0.1) is 0 Å². The first-order valence-electron chi connectivity index (χ1n) is 9.89. The number of benzene rings is 2. The van der Waals surface area contributed by atoms with Gasteiger partial charge in [0.1, 0.15) is 5.82 Å².